The average Bonchev–Trinajstić information content (AvgIpc) is 2.58. The molecule has 64 valence electrons. The van der Waals surface area contributed by atoms with Crippen molar-refractivity contribution < 1.29 is 4.79 Å². The Morgan fingerprint density at radius 2 is 2.42 bits per heavy atom. The predicted octanol–water partition coefficient (Wildman–Crippen LogP) is 2.55. The van der Waals surface area contributed by atoms with Crippen molar-refractivity contribution in [3.8, 4) is 0 Å². The van der Waals surface area contributed by atoms with Gasteiger partial charge in [0.1, 0.15) is 0 Å². The number of Topliss-reactive ketones (excluding diaryl/α,β-unsaturated/α-hetero) is 1. The predicted molar refractivity (Wildman–Crippen MR) is 49.2 cm³/mol. The molecule has 0 bridgehead atoms. The van der Waals surface area contributed by atoms with Crippen LogP contribution < -0.4 is 0 Å². The molecule has 0 aliphatic rings. The highest BCUT2D eigenvalue weighted by atomic mass is 16.1. The summed E-state index contributed by atoms with van der Waals surface area (Å²) in [6.07, 6.45) is 4.41. The minimum atomic E-state index is 0.102. The van der Waals surface area contributed by atoms with E-state index in [0.717, 1.165) is 12.0 Å². The Labute approximate surface area is 72.3 Å². The van der Waals surface area contributed by atoms with Crippen LogP contribution in [0.15, 0.2) is 30.0 Å². The van der Waals surface area contributed by atoms with E-state index in [1.165, 1.54) is 0 Å². The molecule has 0 aliphatic carbocycles. The minimum Gasteiger partial charge on any atom is -0.359 e. The van der Waals surface area contributed by atoms with Crippen LogP contribution in [0.2, 0.25) is 0 Å². The van der Waals surface area contributed by atoms with Gasteiger partial charge in [0.05, 0.1) is 5.69 Å². The zero-order chi connectivity index (χ0) is 8.97. The first kappa shape index (κ1) is 8.78. The molecule has 12 heavy (non-hydrogen) atoms. The molecular weight excluding hydrogens is 150 g/mol. The minimum absolute atomic E-state index is 0.102. The van der Waals surface area contributed by atoms with Gasteiger partial charge in [-0.1, -0.05) is 13.0 Å². The third kappa shape index (κ3) is 1.64. The standard InChI is InChI=1S/C10H13NO/c1-3-8(4-2)10(12)9-6-5-7-11-9/h3,5-7,11H,4H2,1-2H3/b8-3-. The Bertz CT molecular complexity index is 283. The third-order valence-corrected chi connectivity index (χ3v) is 1.86. The average molecular weight is 163 g/mol. The first-order valence-electron chi connectivity index (χ1n) is 4.12. The smallest absolute Gasteiger partial charge is 0.204 e. The number of allylic oxidation sites excluding steroid dienone is 2. The van der Waals surface area contributed by atoms with Crippen LogP contribution in [0.1, 0.15) is 30.8 Å². The number of aromatic amines is 1. The molecule has 0 aliphatic heterocycles. The molecule has 1 N–H and O–H groups in total. The monoisotopic (exact) mass is 163 g/mol. The van der Waals surface area contributed by atoms with Crippen molar-refractivity contribution in [2.45, 2.75) is 20.3 Å². The van der Waals surface area contributed by atoms with Crippen LogP contribution in [0, 0.1) is 0 Å². The molecule has 0 saturated heterocycles. The lowest BCUT2D eigenvalue weighted by atomic mass is 10.1. The molecule has 2 heteroatoms. The number of nitrogens with one attached hydrogen (secondary N) is 1. The maximum Gasteiger partial charge on any atom is 0.204 e. The molecular formula is C10H13NO. The highest BCUT2D eigenvalue weighted by Crippen LogP contribution is 2.08. The van der Waals surface area contributed by atoms with E-state index < -0.39 is 0 Å². The third-order valence-electron chi connectivity index (χ3n) is 1.86. The van der Waals surface area contributed by atoms with E-state index in [-0.39, 0.29) is 5.78 Å². The number of aromatic nitrogens is 1. The van der Waals surface area contributed by atoms with Crippen molar-refractivity contribution in [2.24, 2.45) is 0 Å². The molecule has 0 amide bonds. The van der Waals surface area contributed by atoms with Crippen molar-refractivity contribution >= 4 is 5.78 Å². The molecule has 0 atom stereocenters. The fourth-order valence-corrected chi connectivity index (χ4v) is 1.14. The SMILES string of the molecule is C/C=C(/CC)C(=O)c1ccc[nH]1. The van der Waals surface area contributed by atoms with E-state index in [0.29, 0.717) is 5.69 Å². The second kappa shape index (κ2) is 3.90. The number of hydrogen-bond acceptors (Lipinski definition) is 1. The summed E-state index contributed by atoms with van der Waals surface area (Å²) >= 11 is 0. The van der Waals surface area contributed by atoms with Gasteiger partial charge in [0.15, 0.2) is 0 Å². The highest BCUT2D eigenvalue weighted by Gasteiger charge is 2.09. The summed E-state index contributed by atoms with van der Waals surface area (Å²) in [5, 5.41) is 0. The van der Waals surface area contributed by atoms with Crippen LogP contribution in [-0.2, 0) is 0 Å². The zero-order valence-corrected chi connectivity index (χ0v) is 7.42. The van der Waals surface area contributed by atoms with Crippen LogP contribution in [0.25, 0.3) is 0 Å². The van der Waals surface area contributed by atoms with Gasteiger partial charge in [-0.25, -0.2) is 0 Å². The van der Waals surface area contributed by atoms with E-state index in [9.17, 15) is 4.79 Å². The molecule has 1 aromatic heterocycles. The molecule has 0 spiro atoms. The number of hydrogen-bond donors (Lipinski definition) is 1. The molecule has 1 rings (SSSR count). The van der Waals surface area contributed by atoms with Gasteiger partial charge in [-0.3, -0.25) is 4.79 Å². The number of ketones is 1. The van der Waals surface area contributed by atoms with Crippen LogP contribution in [0.4, 0.5) is 0 Å². The zero-order valence-electron chi connectivity index (χ0n) is 7.42. The number of carbonyl (C=O) groups is 1. The molecule has 0 unspecified atom stereocenters. The largest absolute Gasteiger partial charge is 0.359 e. The highest BCUT2D eigenvalue weighted by molar-refractivity contribution is 6.07. The van der Waals surface area contributed by atoms with Gasteiger partial charge in [-0.15, -0.1) is 0 Å². The quantitative estimate of drug-likeness (QED) is 0.539. The topological polar surface area (TPSA) is 32.9 Å². The van der Waals surface area contributed by atoms with Gasteiger partial charge >= 0.3 is 0 Å². The first-order chi connectivity index (χ1) is 5.79. The van der Waals surface area contributed by atoms with Gasteiger partial charge in [0.25, 0.3) is 0 Å². The van der Waals surface area contributed by atoms with Crippen LogP contribution in [0.5, 0.6) is 0 Å². The molecule has 0 radical (unpaired) electrons. The summed E-state index contributed by atoms with van der Waals surface area (Å²) < 4.78 is 0. The summed E-state index contributed by atoms with van der Waals surface area (Å²) in [4.78, 5) is 14.5. The molecule has 2 nitrogen and oxygen atoms in total. The summed E-state index contributed by atoms with van der Waals surface area (Å²) in [7, 11) is 0. The number of carbonyl (C=O) groups excluding carboxylic acids is 1. The van der Waals surface area contributed by atoms with E-state index >= 15 is 0 Å². The van der Waals surface area contributed by atoms with Crippen LogP contribution >= 0.6 is 0 Å². The first-order valence-corrected chi connectivity index (χ1v) is 4.12. The lowest BCUT2D eigenvalue weighted by Crippen LogP contribution is -2.02. The Hall–Kier alpha value is -1.31. The van der Waals surface area contributed by atoms with Crippen molar-refractivity contribution in [2.75, 3.05) is 0 Å². The lowest BCUT2D eigenvalue weighted by molar-refractivity contribution is 0.102. The van der Waals surface area contributed by atoms with Crippen molar-refractivity contribution in [1.29, 1.82) is 0 Å². The van der Waals surface area contributed by atoms with Gasteiger partial charge in [-0.05, 0) is 31.1 Å². The normalized spacial score (nSPS) is 11.7. The summed E-state index contributed by atoms with van der Waals surface area (Å²) in [5.41, 5.74) is 1.53. The van der Waals surface area contributed by atoms with Crippen molar-refractivity contribution in [3.63, 3.8) is 0 Å². The second-order valence-electron chi connectivity index (χ2n) is 2.58. The summed E-state index contributed by atoms with van der Waals surface area (Å²) in [6, 6.07) is 3.62. The Morgan fingerprint density at radius 1 is 1.67 bits per heavy atom. The van der Waals surface area contributed by atoms with Gasteiger partial charge in [0.2, 0.25) is 5.78 Å². The molecule has 0 fully saturated rings. The lowest BCUT2D eigenvalue weighted by Gasteiger charge is -1.99. The van der Waals surface area contributed by atoms with Gasteiger partial charge in [-0.2, -0.15) is 0 Å². The fraction of sp³-hybridized carbons (Fsp3) is 0.300. The van der Waals surface area contributed by atoms with Crippen molar-refractivity contribution in [1.82, 2.24) is 4.98 Å². The Balaban J connectivity index is 2.85. The van der Waals surface area contributed by atoms with E-state index in [1.807, 2.05) is 26.0 Å². The summed E-state index contributed by atoms with van der Waals surface area (Å²) in [5.74, 6) is 0.102. The van der Waals surface area contributed by atoms with Gasteiger partial charge < -0.3 is 4.98 Å². The number of rotatable bonds is 3. The maximum absolute atomic E-state index is 11.6. The van der Waals surface area contributed by atoms with E-state index in [1.54, 1.807) is 12.3 Å². The Kier molecular flexibility index (Phi) is 2.86. The van der Waals surface area contributed by atoms with Crippen molar-refractivity contribution in [3.05, 3.63) is 35.7 Å². The molecule has 0 saturated carbocycles. The number of H-pyrrole nitrogens is 1. The van der Waals surface area contributed by atoms with Crippen LogP contribution in [0.3, 0.4) is 0 Å². The second-order valence-corrected chi connectivity index (χ2v) is 2.58. The summed E-state index contributed by atoms with van der Waals surface area (Å²) in [6.45, 7) is 3.87. The van der Waals surface area contributed by atoms with Gasteiger partial charge in [0, 0.05) is 6.20 Å². The Morgan fingerprint density at radius 3 is 2.83 bits per heavy atom. The molecule has 0 aromatic carbocycles. The molecule has 1 heterocycles. The van der Waals surface area contributed by atoms with Crippen LogP contribution in [-0.4, -0.2) is 10.8 Å². The maximum atomic E-state index is 11.6. The van der Waals surface area contributed by atoms with E-state index in [2.05, 4.69) is 4.98 Å². The molecule has 1 aromatic rings. The van der Waals surface area contributed by atoms with E-state index in [4.69, 9.17) is 0 Å². The fourth-order valence-electron chi connectivity index (χ4n) is 1.14.